The summed E-state index contributed by atoms with van der Waals surface area (Å²) in [6.07, 6.45) is 5.51. The molecule has 0 aliphatic carbocycles. The molecule has 0 amide bonds. The Bertz CT molecular complexity index is 1360. The van der Waals surface area contributed by atoms with Gasteiger partial charge in [0, 0.05) is 37.5 Å². The Morgan fingerprint density at radius 1 is 1.16 bits per heavy atom. The second-order valence-corrected chi connectivity index (χ2v) is 7.87. The van der Waals surface area contributed by atoms with Gasteiger partial charge in [-0.15, -0.1) is 0 Å². The van der Waals surface area contributed by atoms with E-state index in [9.17, 15) is 0 Å². The van der Waals surface area contributed by atoms with E-state index in [2.05, 4.69) is 43.5 Å². The van der Waals surface area contributed by atoms with E-state index in [0.717, 1.165) is 41.2 Å². The van der Waals surface area contributed by atoms with Crippen LogP contribution in [0.3, 0.4) is 0 Å². The van der Waals surface area contributed by atoms with Gasteiger partial charge in [-0.25, -0.2) is 4.98 Å². The number of nitrogens with one attached hydrogen (secondary N) is 2. The third-order valence-electron chi connectivity index (χ3n) is 5.68. The van der Waals surface area contributed by atoms with Gasteiger partial charge in [-0.2, -0.15) is 15.1 Å². The highest BCUT2D eigenvalue weighted by molar-refractivity contribution is 5.86. The number of hydrogen-bond acceptors (Lipinski definition) is 7. The molecule has 0 radical (unpaired) electrons. The van der Waals surface area contributed by atoms with Crippen molar-refractivity contribution in [2.45, 2.75) is 6.54 Å². The van der Waals surface area contributed by atoms with Gasteiger partial charge in [0.15, 0.2) is 17.0 Å². The van der Waals surface area contributed by atoms with Gasteiger partial charge in [0.05, 0.1) is 31.6 Å². The minimum absolute atomic E-state index is 0.600. The number of benzene rings is 1. The average Bonchev–Trinajstić information content (AvgIpc) is 3.55. The third-order valence-corrected chi connectivity index (χ3v) is 5.68. The molecule has 10 nitrogen and oxygen atoms in total. The summed E-state index contributed by atoms with van der Waals surface area (Å²) >= 11 is 0. The first kappa shape index (κ1) is 18.8. The van der Waals surface area contributed by atoms with Crippen LogP contribution in [0.25, 0.3) is 27.8 Å². The summed E-state index contributed by atoms with van der Waals surface area (Å²) < 4.78 is 9.22. The van der Waals surface area contributed by atoms with E-state index >= 15 is 0 Å². The number of ether oxygens (including phenoxy) is 1. The number of H-pyrrole nitrogens is 1. The molecule has 0 spiro atoms. The minimum Gasteiger partial charge on any atom is -0.378 e. The number of imidazole rings is 1. The smallest absolute Gasteiger partial charge is 0.229 e. The first-order valence-electron chi connectivity index (χ1n) is 10.6. The molecule has 162 valence electrons. The van der Waals surface area contributed by atoms with Crippen molar-refractivity contribution < 1.29 is 4.74 Å². The van der Waals surface area contributed by atoms with Gasteiger partial charge < -0.3 is 19.9 Å². The summed E-state index contributed by atoms with van der Waals surface area (Å²) in [7, 11) is 1.89. The van der Waals surface area contributed by atoms with Crippen LogP contribution < -0.4 is 10.2 Å². The number of fused-ring (bicyclic) bond motifs is 2. The van der Waals surface area contributed by atoms with Crippen molar-refractivity contribution in [3.63, 3.8) is 0 Å². The number of aromatic nitrogens is 7. The number of para-hydroxylation sites is 1. The SMILES string of the molecule is Cn1cc(-n2cnc3c(NCc4cc5ccccc5[nH]4)nc(N4CCOCC4)nc32)cn1. The van der Waals surface area contributed by atoms with Crippen LogP contribution in [0.15, 0.2) is 49.1 Å². The lowest BCUT2D eigenvalue weighted by atomic mass is 10.2. The Kier molecular flexibility index (Phi) is 4.50. The maximum absolute atomic E-state index is 5.51. The number of nitrogens with zero attached hydrogens (tertiary/aromatic N) is 7. The zero-order valence-corrected chi connectivity index (χ0v) is 17.7. The molecule has 1 saturated heterocycles. The lowest BCUT2D eigenvalue weighted by Gasteiger charge is -2.27. The van der Waals surface area contributed by atoms with Crippen LogP contribution in [0.2, 0.25) is 0 Å². The molecule has 2 N–H and O–H groups in total. The quantitative estimate of drug-likeness (QED) is 0.443. The standard InChI is InChI=1S/C22H23N9O/c1-29-13-17(12-25-29)31-14-24-19-20(23-11-16-10-15-4-2-3-5-18(15)26-16)27-22(28-21(19)31)30-6-8-32-9-7-30/h2-5,10,12-14,26H,6-9,11H2,1H3,(H,23,27,28). The topological polar surface area (TPSA) is 102 Å². The first-order valence-corrected chi connectivity index (χ1v) is 10.6. The zero-order chi connectivity index (χ0) is 21.5. The number of morpholine rings is 1. The Hall–Kier alpha value is -3.92. The number of aryl methyl sites for hydroxylation is 1. The summed E-state index contributed by atoms with van der Waals surface area (Å²) in [5.41, 5.74) is 4.57. The van der Waals surface area contributed by atoms with Crippen LogP contribution in [-0.4, -0.2) is 60.6 Å². The van der Waals surface area contributed by atoms with Crippen molar-refractivity contribution >= 4 is 33.8 Å². The molecule has 1 aliphatic rings. The Balaban J connectivity index is 1.40. The molecule has 4 aromatic heterocycles. The molecule has 6 rings (SSSR count). The summed E-state index contributed by atoms with van der Waals surface area (Å²) in [5, 5.41) is 8.95. The molecule has 5 heterocycles. The normalized spacial score (nSPS) is 14.5. The van der Waals surface area contributed by atoms with Crippen molar-refractivity contribution in [1.82, 2.24) is 34.3 Å². The van der Waals surface area contributed by atoms with Gasteiger partial charge in [0.2, 0.25) is 5.95 Å². The number of hydrogen-bond donors (Lipinski definition) is 2. The molecule has 5 aromatic rings. The van der Waals surface area contributed by atoms with E-state index in [4.69, 9.17) is 14.7 Å². The molecule has 0 unspecified atom stereocenters. The Morgan fingerprint density at radius 3 is 2.84 bits per heavy atom. The Morgan fingerprint density at radius 2 is 2.03 bits per heavy atom. The fourth-order valence-corrected chi connectivity index (χ4v) is 4.05. The Labute approximate surface area is 183 Å². The number of anilines is 2. The highest BCUT2D eigenvalue weighted by Gasteiger charge is 2.20. The van der Waals surface area contributed by atoms with Crippen LogP contribution in [0, 0.1) is 0 Å². The lowest BCUT2D eigenvalue weighted by Crippen LogP contribution is -2.37. The molecule has 0 bridgehead atoms. The van der Waals surface area contributed by atoms with Crippen molar-refractivity contribution in [2.24, 2.45) is 7.05 Å². The highest BCUT2D eigenvalue weighted by Crippen LogP contribution is 2.26. The van der Waals surface area contributed by atoms with Gasteiger partial charge >= 0.3 is 0 Å². The second kappa shape index (κ2) is 7.65. The van der Waals surface area contributed by atoms with Crippen LogP contribution in [0.5, 0.6) is 0 Å². The maximum atomic E-state index is 5.51. The monoisotopic (exact) mass is 429 g/mol. The maximum Gasteiger partial charge on any atom is 0.229 e. The van der Waals surface area contributed by atoms with Crippen LogP contribution in [0.1, 0.15) is 5.69 Å². The van der Waals surface area contributed by atoms with E-state index in [1.807, 2.05) is 29.9 Å². The molecular formula is C22H23N9O. The largest absolute Gasteiger partial charge is 0.378 e. The lowest BCUT2D eigenvalue weighted by molar-refractivity contribution is 0.122. The highest BCUT2D eigenvalue weighted by atomic mass is 16.5. The molecule has 0 saturated carbocycles. The number of rotatable bonds is 5. The van der Waals surface area contributed by atoms with E-state index < -0.39 is 0 Å². The molecule has 10 heteroatoms. The fourth-order valence-electron chi connectivity index (χ4n) is 4.05. The van der Waals surface area contributed by atoms with E-state index in [-0.39, 0.29) is 0 Å². The molecule has 1 aromatic carbocycles. The third kappa shape index (κ3) is 3.34. The predicted octanol–water partition coefficient (Wildman–Crippen LogP) is 2.48. The van der Waals surface area contributed by atoms with Crippen LogP contribution in [0.4, 0.5) is 11.8 Å². The summed E-state index contributed by atoms with van der Waals surface area (Å²) in [6.45, 7) is 3.45. The van der Waals surface area contributed by atoms with E-state index in [1.165, 1.54) is 5.39 Å². The molecule has 32 heavy (non-hydrogen) atoms. The van der Waals surface area contributed by atoms with Crippen molar-refractivity contribution in [3.05, 3.63) is 54.7 Å². The van der Waals surface area contributed by atoms with Crippen LogP contribution in [-0.2, 0) is 18.3 Å². The average molecular weight is 429 g/mol. The van der Waals surface area contributed by atoms with Gasteiger partial charge in [-0.05, 0) is 17.5 Å². The van der Waals surface area contributed by atoms with Crippen molar-refractivity contribution in [2.75, 3.05) is 36.5 Å². The number of aromatic amines is 1. The van der Waals surface area contributed by atoms with Crippen molar-refractivity contribution in [1.29, 1.82) is 0 Å². The molecule has 1 fully saturated rings. The zero-order valence-electron chi connectivity index (χ0n) is 17.7. The second-order valence-electron chi connectivity index (χ2n) is 7.87. The van der Waals surface area contributed by atoms with Crippen LogP contribution >= 0.6 is 0 Å². The molecular weight excluding hydrogens is 406 g/mol. The van der Waals surface area contributed by atoms with Gasteiger partial charge in [-0.1, -0.05) is 18.2 Å². The van der Waals surface area contributed by atoms with Gasteiger partial charge in [-0.3, -0.25) is 9.25 Å². The summed E-state index contributed by atoms with van der Waals surface area (Å²) in [4.78, 5) is 20.0. The molecule has 0 atom stereocenters. The molecule has 1 aliphatic heterocycles. The summed E-state index contributed by atoms with van der Waals surface area (Å²) in [6, 6.07) is 10.4. The van der Waals surface area contributed by atoms with E-state index in [1.54, 1.807) is 17.2 Å². The first-order chi connectivity index (χ1) is 15.7. The van der Waals surface area contributed by atoms with Gasteiger partial charge in [0.25, 0.3) is 0 Å². The predicted molar refractivity (Wildman–Crippen MR) is 122 cm³/mol. The van der Waals surface area contributed by atoms with E-state index in [0.29, 0.717) is 31.5 Å². The van der Waals surface area contributed by atoms with Crippen molar-refractivity contribution in [3.8, 4) is 5.69 Å². The summed E-state index contributed by atoms with van der Waals surface area (Å²) in [5.74, 6) is 1.38. The minimum atomic E-state index is 0.600. The fraction of sp³-hybridized carbons (Fsp3) is 0.273. The van der Waals surface area contributed by atoms with Gasteiger partial charge in [0.1, 0.15) is 6.33 Å².